The van der Waals surface area contributed by atoms with Gasteiger partial charge in [-0.25, -0.2) is 0 Å². The number of hydrogen-bond donors (Lipinski definition) is 0. The maximum absolute atomic E-state index is 13.7. The number of aryl methyl sites for hydroxylation is 1. The predicted molar refractivity (Wildman–Crippen MR) is 126 cm³/mol. The summed E-state index contributed by atoms with van der Waals surface area (Å²) >= 11 is 3.13. The van der Waals surface area contributed by atoms with Crippen molar-refractivity contribution < 1.29 is 13.9 Å². The Labute approximate surface area is 194 Å². The van der Waals surface area contributed by atoms with Gasteiger partial charge in [0.1, 0.15) is 16.7 Å². The van der Waals surface area contributed by atoms with Crippen LogP contribution in [0, 0.1) is 6.92 Å². The monoisotopic (exact) mass is 465 g/mol. The Morgan fingerprint density at radius 1 is 1.12 bits per heavy atom. The number of nitrogens with zero attached hydrogens (tertiary/aromatic N) is 3. The summed E-state index contributed by atoms with van der Waals surface area (Å²) in [6, 6.07) is 17.9. The minimum absolute atomic E-state index is 0.0653. The minimum atomic E-state index is -0.157. The molecule has 0 saturated carbocycles. The fraction of sp³-hybridized carbons (Fsp3) is 0.292. The van der Waals surface area contributed by atoms with Gasteiger partial charge in [0.2, 0.25) is 0 Å². The molecule has 2 unspecified atom stereocenters. The zero-order chi connectivity index (χ0) is 22.1. The van der Waals surface area contributed by atoms with Crippen molar-refractivity contribution >= 4 is 40.0 Å². The van der Waals surface area contributed by atoms with Gasteiger partial charge in [-0.2, -0.15) is 0 Å². The number of furan rings is 1. The van der Waals surface area contributed by atoms with Gasteiger partial charge in [0.25, 0.3) is 5.91 Å². The molecule has 1 amide bonds. The van der Waals surface area contributed by atoms with Crippen LogP contribution in [0.15, 0.2) is 63.4 Å². The molecular weight excluding hydrogens is 442 g/mol. The van der Waals surface area contributed by atoms with Crippen molar-refractivity contribution in [1.29, 1.82) is 0 Å². The minimum Gasteiger partial charge on any atom is -0.451 e. The Morgan fingerprint density at radius 2 is 1.91 bits per heavy atom. The fourth-order valence-electron chi connectivity index (χ4n) is 4.00. The molecule has 1 aliphatic heterocycles. The standard InChI is InChI=1S/C24H23N3O3S2/c1-15-12-27(13-21(29-15)17-8-4-3-5-9-17)23(28)22-19(14-31-24-26-25-16(2)32-24)18-10-6-7-11-20(18)30-22/h3-11,15,21H,12-14H2,1-2H3. The topological polar surface area (TPSA) is 68.5 Å². The van der Waals surface area contributed by atoms with Crippen LogP contribution < -0.4 is 0 Å². The molecule has 32 heavy (non-hydrogen) atoms. The molecule has 164 valence electrons. The van der Waals surface area contributed by atoms with Gasteiger partial charge in [-0.15, -0.1) is 10.2 Å². The van der Waals surface area contributed by atoms with Crippen LogP contribution in [-0.2, 0) is 10.5 Å². The second-order valence-electron chi connectivity index (χ2n) is 7.84. The van der Waals surface area contributed by atoms with Crippen molar-refractivity contribution in [2.45, 2.75) is 36.1 Å². The van der Waals surface area contributed by atoms with Gasteiger partial charge in [-0.05, 0) is 25.5 Å². The van der Waals surface area contributed by atoms with E-state index in [-0.39, 0.29) is 18.1 Å². The van der Waals surface area contributed by atoms with E-state index in [1.807, 2.05) is 73.3 Å². The van der Waals surface area contributed by atoms with E-state index < -0.39 is 0 Å². The molecule has 5 rings (SSSR count). The van der Waals surface area contributed by atoms with Gasteiger partial charge in [-0.3, -0.25) is 4.79 Å². The van der Waals surface area contributed by atoms with Crippen molar-refractivity contribution in [3.05, 3.63) is 76.5 Å². The third-order valence-corrected chi connectivity index (χ3v) is 7.46. The maximum atomic E-state index is 13.7. The number of carbonyl (C=O) groups is 1. The number of ether oxygens (including phenoxy) is 1. The van der Waals surface area contributed by atoms with Crippen molar-refractivity contribution in [1.82, 2.24) is 15.1 Å². The molecule has 0 radical (unpaired) electrons. The zero-order valence-electron chi connectivity index (χ0n) is 17.9. The number of amides is 1. The molecule has 0 bridgehead atoms. The average molecular weight is 466 g/mol. The lowest BCUT2D eigenvalue weighted by Crippen LogP contribution is -2.46. The number of fused-ring (bicyclic) bond motifs is 1. The Balaban J connectivity index is 1.44. The molecule has 3 heterocycles. The van der Waals surface area contributed by atoms with Crippen LogP contribution in [0.1, 0.15) is 39.7 Å². The number of hydrogen-bond acceptors (Lipinski definition) is 7. The lowest BCUT2D eigenvalue weighted by atomic mass is 10.1. The summed E-state index contributed by atoms with van der Waals surface area (Å²) in [7, 11) is 0. The van der Waals surface area contributed by atoms with E-state index in [1.54, 1.807) is 23.1 Å². The van der Waals surface area contributed by atoms with E-state index in [4.69, 9.17) is 9.15 Å². The van der Waals surface area contributed by atoms with Crippen LogP contribution in [0.4, 0.5) is 0 Å². The molecule has 4 aromatic rings. The van der Waals surface area contributed by atoms with Crippen molar-refractivity contribution in [2.24, 2.45) is 0 Å². The first-order valence-corrected chi connectivity index (χ1v) is 12.3. The summed E-state index contributed by atoms with van der Waals surface area (Å²) in [5.74, 6) is 0.900. The third kappa shape index (κ3) is 4.30. The van der Waals surface area contributed by atoms with Gasteiger partial charge < -0.3 is 14.1 Å². The second kappa shape index (κ2) is 9.05. The lowest BCUT2D eigenvalue weighted by Gasteiger charge is -2.36. The normalized spacial score (nSPS) is 18.9. The Hall–Kier alpha value is -2.68. The zero-order valence-corrected chi connectivity index (χ0v) is 19.5. The van der Waals surface area contributed by atoms with Crippen molar-refractivity contribution in [3.8, 4) is 0 Å². The van der Waals surface area contributed by atoms with Crippen LogP contribution in [-0.4, -0.2) is 40.2 Å². The molecule has 2 atom stereocenters. The summed E-state index contributed by atoms with van der Waals surface area (Å²) in [6.45, 7) is 4.96. The van der Waals surface area contributed by atoms with Crippen LogP contribution in [0.3, 0.4) is 0 Å². The first-order valence-electron chi connectivity index (χ1n) is 10.5. The van der Waals surface area contributed by atoms with Gasteiger partial charge >= 0.3 is 0 Å². The average Bonchev–Trinajstić information content (AvgIpc) is 3.40. The molecule has 2 aromatic carbocycles. The second-order valence-corrected chi connectivity index (χ2v) is 10.2. The van der Waals surface area contributed by atoms with E-state index in [1.165, 1.54) is 0 Å². The summed E-state index contributed by atoms with van der Waals surface area (Å²) in [4.78, 5) is 15.5. The lowest BCUT2D eigenvalue weighted by molar-refractivity contribution is -0.0697. The molecule has 1 fully saturated rings. The highest BCUT2D eigenvalue weighted by molar-refractivity contribution is 8.00. The number of rotatable bonds is 5. The SMILES string of the molecule is Cc1nnc(SCc2c(C(=O)N3CC(C)OC(c4ccccc4)C3)oc3ccccc23)s1. The molecule has 2 aromatic heterocycles. The summed E-state index contributed by atoms with van der Waals surface area (Å²) in [6.07, 6.45) is -0.222. The summed E-state index contributed by atoms with van der Waals surface area (Å²) in [5, 5.41) is 10.2. The molecule has 1 aliphatic rings. The highest BCUT2D eigenvalue weighted by atomic mass is 32.2. The van der Waals surface area contributed by atoms with E-state index in [2.05, 4.69) is 10.2 Å². The molecule has 8 heteroatoms. The van der Waals surface area contributed by atoms with Gasteiger partial charge in [0.15, 0.2) is 10.1 Å². The van der Waals surface area contributed by atoms with Crippen LogP contribution in [0.5, 0.6) is 0 Å². The first kappa shape index (κ1) is 21.2. The molecule has 6 nitrogen and oxygen atoms in total. The van der Waals surface area contributed by atoms with E-state index in [0.717, 1.165) is 31.4 Å². The molecule has 0 N–H and O–H groups in total. The third-order valence-electron chi connectivity index (χ3n) is 5.46. The number of para-hydroxylation sites is 1. The molecule has 0 spiro atoms. The van der Waals surface area contributed by atoms with Crippen LogP contribution >= 0.6 is 23.1 Å². The smallest absolute Gasteiger partial charge is 0.290 e. The summed E-state index contributed by atoms with van der Waals surface area (Å²) < 4.78 is 13.1. The number of aromatic nitrogens is 2. The number of benzene rings is 2. The molecule has 1 saturated heterocycles. The number of morpholine rings is 1. The fourth-order valence-corrected chi connectivity index (χ4v) is 5.84. The van der Waals surface area contributed by atoms with Crippen LogP contribution in [0.2, 0.25) is 0 Å². The quantitative estimate of drug-likeness (QED) is 0.363. The highest BCUT2D eigenvalue weighted by Gasteiger charge is 2.33. The van der Waals surface area contributed by atoms with E-state index in [9.17, 15) is 4.79 Å². The first-order chi connectivity index (χ1) is 15.6. The van der Waals surface area contributed by atoms with Gasteiger partial charge in [0.05, 0.1) is 12.6 Å². The van der Waals surface area contributed by atoms with Crippen molar-refractivity contribution in [3.63, 3.8) is 0 Å². The van der Waals surface area contributed by atoms with E-state index in [0.29, 0.717) is 24.6 Å². The highest BCUT2D eigenvalue weighted by Crippen LogP contribution is 2.35. The van der Waals surface area contributed by atoms with Gasteiger partial charge in [-0.1, -0.05) is 71.6 Å². The van der Waals surface area contributed by atoms with Crippen molar-refractivity contribution in [2.75, 3.05) is 13.1 Å². The maximum Gasteiger partial charge on any atom is 0.290 e. The molecule has 0 aliphatic carbocycles. The molecular formula is C24H23N3O3S2. The predicted octanol–water partition coefficient (Wildman–Crippen LogP) is 5.49. The summed E-state index contributed by atoms with van der Waals surface area (Å²) in [5.41, 5.74) is 2.70. The number of thioether (sulfide) groups is 1. The Morgan fingerprint density at radius 3 is 2.69 bits per heavy atom. The number of carbonyl (C=O) groups excluding carboxylic acids is 1. The Kier molecular flexibility index (Phi) is 5.99. The van der Waals surface area contributed by atoms with Gasteiger partial charge in [0, 0.05) is 23.2 Å². The largest absolute Gasteiger partial charge is 0.451 e. The Bertz CT molecular complexity index is 1240. The van der Waals surface area contributed by atoms with E-state index >= 15 is 0 Å². The van der Waals surface area contributed by atoms with Crippen LogP contribution in [0.25, 0.3) is 11.0 Å².